The Morgan fingerprint density at radius 3 is 2.35 bits per heavy atom. The van der Waals surface area contributed by atoms with Gasteiger partial charge >= 0.3 is 0 Å². The van der Waals surface area contributed by atoms with E-state index in [4.69, 9.17) is 0 Å². The highest BCUT2D eigenvalue weighted by Crippen LogP contribution is 2.16. The molecule has 1 aromatic carbocycles. The highest BCUT2D eigenvalue weighted by molar-refractivity contribution is 5.94. The molecule has 0 radical (unpaired) electrons. The summed E-state index contributed by atoms with van der Waals surface area (Å²) in [5.41, 5.74) is 3.10. The molecule has 1 fully saturated rings. The standard InChI is InChI=1S/C16H22N2O2/c1-11-4-5-14(10-12(11)2)16(20)18-8-6-15(7-9-18)17-13(3)19/h4-5,10,15H,6-9H2,1-3H3,(H,17,19). The monoisotopic (exact) mass is 274 g/mol. The zero-order chi connectivity index (χ0) is 14.7. The first-order chi connectivity index (χ1) is 9.47. The van der Waals surface area contributed by atoms with Crippen LogP contribution in [0.3, 0.4) is 0 Å². The van der Waals surface area contributed by atoms with Gasteiger partial charge < -0.3 is 10.2 Å². The average Bonchev–Trinajstić information content (AvgIpc) is 2.41. The van der Waals surface area contributed by atoms with E-state index in [1.165, 1.54) is 12.5 Å². The lowest BCUT2D eigenvalue weighted by molar-refractivity contribution is -0.119. The molecular weight excluding hydrogens is 252 g/mol. The summed E-state index contributed by atoms with van der Waals surface area (Å²) < 4.78 is 0. The fourth-order valence-corrected chi connectivity index (χ4v) is 2.57. The number of piperidine rings is 1. The molecule has 0 spiro atoms. The van der Waals surface area contributed by atoms with Crippen molar-refractivity contribution in [2.45, 2.75) is 39.7 Å². The lowest BCUT2D eigenvalue weighted by Crippen LogP contribution is -2.46. The SMILES string of the molecule is CC(=O)NC1CCN(C(=O)c2ccc(C)c(C)c2)CC1. The molecule has 1 saturated heterocycles. The molecule has 2 rings (SSSR count). The van der Waals surface area contributed by atoms with Crippen LogP contribution in [-0.4, -0.2) is 35.8 Å². The Morgan fingerprint density at radius 2 is 1.80 bits per heavy atom. The van der Waals surface area contributed by atoms with Gasteiger partial charge in [0.1, 0.15) is 0 Å². The third kappa shape index (κ3) is 3.38. The van der Waals surface area contributed by atoms with E-state index in [0.717, 1.165) is 24.0 Å². The molecule has 0 aliphatic carbocycles. The third-order valence-corrected chi connectivity index (χ3v) is 3.94. The number of rotatable bonds is 2. The van der Waals surface area contributed by atoms with Gasteiger partial charge in [-0.3, -0.25) is 9.59 Å². The summed E-state index contributed by atoms with van der Waals surface area (Å²) in [6.45, 7) is 7.01. The fourth-order valence-electron chi connectivity index (χ4n) is 2.57. The first kappa shape index (κ1) is 14.6. The largest absolute Gasteiger partial charge is 0.353 e. The van der Waals surface area contributed by atoms with Gasteiger partial charge in [0.25, 0.3) is 5.91 Å². The second-order valence-corrected chi connectivity index (χ2v) is 5.57. The zero-order valence-corrected chi connectivity index (χ0v) is 12.4. The number of amides is 2. The molecule has 4 nitrogen and oxygen atoms in total. The van der Waals surface area contributed by atoms with Crippen LogP contribution in [0.1, 0.15) is 41.3 Å². The minimum absolute atomic E-state index is 0.00364. The van der Waals surface area contributed by atoms with Crippen molar-refractivity contribution in [3.8, 4) is 0 Å². The first-order valence-corrected chi connectivity index (χ1v) is 7.11. The van der Waals surface area contributed by atoms with Crippen LogP contribution in [0.25, 0.3) is 0 Å². The second-order valence-electron chi connectivity index (χ2n) is 5.57. The van der Waals surface area contributed by atoms with Crippen LogP contribution >= 0.6 is 0 Å². The van der Waals surface area contributed by atoms with Crippen LogP contribution in [0.4, 0.5) is 0 Å². The van der Waals surface area contributed by atoms with E-state index >= 15 is 0 Å². The Hall–Kier alpha value is -1.84. The number of carbonyl (C=O) groups excluding carboxylic acids is 2. The molecule has 1 aromatic rings. The molecular formula is C16H22N2O2. The van der Waals surface area contributed by atoms with Gasteiger partial charge in [-0.25, -0.2) is 0 Å². The number of carbonyl (C=O) groups is 2. The molecule has 4 heteroatoms. The predicted molar refractivity (Wildman–Crippen MR) is 78.7 cm³/mol. The number of hydrogen-bond donors (Lipinski definition) is 1. The van der Waals surface area contributed by atoms with Crippen LogP contribution in [0.15, 0.2) is 18.2 Å². The number of benzene rings is 1. The van der Waals surface area contributed by atoms with Crippen molar-refractivity contribution >= 4 is 11.8 Å². The second kappa shape index (κ2) is 6.07. The fraction of sp³-hybridized carbons (Fsp3) is 0.500. The van der Waals surface area contributed by atoms with Crippen molar-refractivity contribution in [3.05, 3.63) is 34.9 Å². The lowest BCUT2D eigenvalue weighted by atomic mass is 10.0. The maximum Gasteiger partial charge on any atom is 0.253 e. The predicted octanol–water partition coefficient (Wildman–Crippen LogP) is 2.04. The molecule has 0 unspecified atom stereocenters. The van der Waals surface area contributed by atoms with Gasteiger partial charge in [-0.05, 0) is 49.9 Å². The number of hydrogen-bond acceptors (Lipinski definition) is 2. The summed E-state index contributed by atoms with van der Waals surface area (Å²) >= 11 is 0. The van der Waals surface area contributed by atoms with Crippen LogP contribution < -0.4 is 5.32 Å². The van der Waals surface area contributed by atoms with Crippen molar-refractivity contribution in [1.29, 1.82) is 0 Å². The van der Waals surface area contributed by atoms with E-state index in [-0.39, 0.29) is 17.9 Å². The van der Waals surface area contributed by atoms with E-state index in [0.29, 0.717) is 13.1 Å². The van der Waals surface area contributed by atoms with Gasteiger partial charge in [0.05, 0.1) is 0 Å². The molecule has 0 saturated carbocycles. The van der Waals surface area contributed by atoms with Gasteiger partial charge in [-0.15, -0.1) is 0 Å². The topological polar surface area (TPSA) is 49.4 Å². The summed E-state index contributed by atoms with van der Waals surface area (Å²) in [6, 6.07) is 6.05. The summed E-state index contributed by atoms with van der Waals surface area (Å²) in [4.78, 5) is 25.3. The highest BCUT2D eigenvalue weighted by atomic mass is 16.2. The number of nitrogens with one attached hydrogen (secondary N) is 1. The normalized spacial score (nSPS) is 16.1. The van der Waals surface area contributed by atoms with E-state index < -0.39 is 0 Å². The Kier molecular flexibility index (Phi) is 4.42. The minimum Gasteiger partial charge on any atom is -0.353 e. The molecule has 108 valence electrons. The molecule has 0 aromatic heterocycles. The van der Waals surface area contributed by atoms with Gasteiger partial charge in [0, 0.05) is 31.6 Å². The molecule has 1 heterocycles. The van der Waals surface area contributed by atoms with Crippen molar-refractivity contribution < 1.29 is 9.59 Å². The van der Waals surface area contributed by atoms with E-state index in [1.807, 2.05) is 36.9 Å². The van der Waals surface area contributed by atoms with E-state index in [2.05, 4.69) is 5.32 Å². The Morgan fingerprint density at radius 1 is 1.15 bits per heavy atom. The Labute approximate surface area is 120 Å². The molecule has 0 bridgehead atoms. The number of likely N-dealkylation sites (tertiary alicyclic amines) is 1. The summed E-state index contributed by atoms with van der Waals surface area (Å²) in [5, 5.41) is 2.92. The summed E-state index contributed by atoms with van der Waals surface area (Å²) in [7, 11) is 0. The summed E-state index contributed by atoms with van der Waals surface area (Å²) in [6.07, 6.45) is 1.66. The molecule has 2 amide bonds. The lowest BCUT2D eigenvalue weighted by Gasteiger charge is -2.32. The van der Waals surface area contributed by atoms with Crippen LogP contribution in [0.2, 0.25) is 0 Å². The quantitative estimate of drug-likeness (QED) is 0.897. The van der Waals surface area contributed by atoms with Gasteiger partial charge in [0.2, 0.25) is 5.91 Å². The highest BCUT2D eigenvalue weighted by Gasteiger charge is 2.24. The average molecular weight is 274 g/mol. The van der Waals surface area contributed by atoms with Crippen LogP contribution in [0, 0.1) is 13.8 Å². The zero-order valence-electron chi connectivity index (χ0n) is 12.4. The summed E-state index contributed by atoms with van der Waals surface area (Å²) in [5.74, 6) is 0.0957. The molecule has 1 aliphatic heterocycles. The minimum atomic E-state index is 0.00364. The van der Waals surface area contributed by atoms with Gasteiger partial charge in [0.15, 0.2) is 0 Å². The number of aryl methyl sites for hydroxylation is 2. The molecule has 1 aliphatic rings. The maximum absolute atomic E-state index is 12.4. The third-order valence-electron chi connectivity index (χ3n) is 3.94. The van der Waals surface area contributed by atoms with E-state index in [9.17, 15) is 9.59 Å². The Bertz CT molecular complexity index is 517. The van der Waals surface area contributed by atoms with Crippen LogP contribution in [0.5, 0.6) is 0 Å². The van der Waals surface area contributed by atoms with Crippen molar-refractivity contribution in [1.82, 2.24) is 10.2 Å². The molecule has 1 N–H and O–H groups in total. The van der Waals surface area contributed by atoms with Crippen molar-refractivity contribution in [3.63, 3.8) is 0 Å². The van der Waals surface area contributed by atoms with E-state index in [1.54, 1.807) is 0 Å². The first-order valence-electron chi connectivity index (χ1n) is 7.11. The van der Waals surface area contributed by atoms with Gasteiger partial charge in [-0.2, -0.15) is 0 Å². The molecule has 0 atom stereocenters. The Balaban J connectivity index is 1.97. The van der Waals surface area contributed by atoms with Crippen molar-refractivity contribution in [2.24, 2.45) is 0 Å². The molecule has 20 heavy (non-hydrogen) atoms. The van der Waals surface area contributed by atoms with Crippen molar-refractivity contribution in [2.75, 3.05) is 13.1 Å². The smallest absolute Gasteiger partial charge is 0.253 e. The van der Waals surface area contributed by atoms with Crippen LogP contribution in [-0.2, 0) is 4.79 Å². The van der Waals surface area contributed by atoms with Gasteiger partial charge in [-0.1, -0.05) is 6.07 Å². The maximum atomic E-state index is 12.4. The number of nitrogens with zero attached hydrogens (tertiary/aromatic N) is 1.